The molecule has 0 saturated carbocycles. The van der Waals surface area contributed by atoms with Gasteiger partial charge in [0.1, 0.15) is 24.5 Å². The summed E-state index contributed by atoms with van der Waals surface area (Å²) in [6.45, 7) is 8.36. The van der Waals surface area contributed by atoms with Crippen LogP contribution in [0.5, 0.6) is 5.75 Å². The van der Waals surface area contributed by atoms with Crippen molar-refractivity contribution in [1.82, 2.24) is 5.32 Å². The second-order valence-electron chi connectivity index (χ2n) is 7.61. The van der Waals surface area contributed by atoms with Crippen LogP contribution in [0.4, 0.5) is 0 Å². The van der Waals surface area contributed by atoms with Gasteiger partial charge in [0.25, 0.3) is 0 Å². The zero-order valence-electron chi connectivity index (χ0n) is 19.0. The minimum atomic E-state index is -1.16. The highest BCUT2D eigenvalue weighted by molar-refractivity contribution is 5.73. The molecule has 1 heterocycles. The number of amides is 1. The molecule has 1 amide bonds. The Balaban J connectivity index is 2.47. The number of hydrogen-bond donors (Lipinski definition) is 1. The zero-order valence-corrected chi connectivity index (χ0v) is 19.0. The molecular weight excluding hydrogens is 422 g/mol. The average Bonchev–Trinajstić information content (AvgIpc) is 2.65. The summed E-state index contributed by atoms with van der Waals surface area (Å²) >= 11 is 0. The molecule has 1 fully saturated rings. The first kappa shape index (κ1) is 25.1. The van der Waals surface area contributed by atoms with Crippen LogP contribution in [0.25, 0.3) is 0 Å². The molecule has 0 aliphatic carbocycles. The Kier molecular flexibility index (Phi) is 8.59. The lowest BCUT2D eigenvalue weighted by atomic mass is 9.96. The third-order valence-corrected chi connectivity index (χ3v) is 4.64. The molecule has 0 radical (unpaired) electrons. The van der Waals surface area contributed by atoms with E-state index in [1.165, 1.54) is 27.7 Å². The first-order valence-electron chi connectivity index (χ1n) is 10.1. The van der Waals surface area contributed by atoms with Gasteiger partial charge < -0.3 is 29.0 Å². The lowest BCUT2D eigenvalue weighted by molar-refractivity contribution is -0.257. The molecular formula is C22H29NO9. The molecule has 176 valence electrons. The van der Waals surface area contributed by atoms with Gasteiger partial charge in [-0.2, -0.15) is 0 Å². The molecule has 5 atom stereocenters. The fraction of sp³-hybridized carbons (Fsp3) is 0.545. The lowest BCUT2D eigenvalue weighted by Crippen LogP contribution is -2.67. The van der Waals surface area contributed by atoms with Crippen molar-refractivity contribution in [2.45, 2.75) is 72.2 Å². The van der Waals surface area contributed by atoms with Crippen LogP contribution in [0, 0.1) is 13.8 Å². The summed E-state index contributed by atoms with van der Waals surface area (Å²) in [7, 11) is 0. The first-order chi connectivity index (χ1) is 15.0. The van der Waals surface area contributed by atoms with E-state index in [1.54, 1.807) is 6.07 Å². The molecule has 1 aromatic carbocycles. The summed E-state index contributed by atoms with van der Waals surface area (Å²) in [6.07, 6.45) is -4.48. The van der Waals surface area contributed by atoms with Crippen LogP contribution in [0.3, 0.4) is 0 Å². The molecule has 2 rings (SSSR count). The Morgan fingerprint density at radius 3 is 2.09 bits per heavy atom. The van der Waals surface area contributed by atoms with E-state index in [2.05, 4.69) is 5.32 Å². The molecule has 0 aromatic heterocycles. The van der Waals surface area contributed by atoms with Gasteiger partial charge in [0.15, 0.2) is 12.2 Å². The van der Waals surface area contributed by atoms with Crippen molar-refractivity contribution in [1.29, 1.82) is 0 Å². The molecule has 1 aromatic rings. The van der Waals surface area contributed by atoms with E-state index in [4.69, 9.17) is 23.7 Å². The minimum absolute atomic E-state index is 0.287. The number of nitrogens with one attached hydrogen (secondary N) is 1. The first-order valence-corrected chi connectivity index (χ1v) is 10.1. The Morgan fingerprint density at radius 2 is 1.56 bits per heavy atom. The molecule has 0 unspecified atom stereocenters. The van der Waals surface area contributed by atoms with Gasteiger partial charge in [-0.25, -0.2) is 0 Å². The molecule has 1 aliphatic heterocycles. The molecule has 1 aliphatic rings. The SMILES string of the molecule is CC(=O)N[C@H]1[C@@H](Oc2ccc(C)cc2C)O[C@@H](COC(C)=O)[C@@H](OC(C)=O)[C@@H]1OC(C)=O. The van der Waals surface area contributed by atoms with E-state index in [0.29, 0.717) is 5.75 Å². The van der Waals surface area contributed by atoms with Gasteiger partial charge >= 0.3 is 17.9 Å². The normalized spacial score (nSPS) is 24.8. The van der Waals surface area contributed by atoms with Gasteiger partial charge in [0.05, 0.1) is 0 Å². The highest BCUT2D eigenvalue weighted by Gasteiger charge is 2.52. The summed E-state index contributed by atoms with van der Waals surface area (Å²) < 4.78 is 27.9. The third-order valence-electron chi connectivity index (χ3n) is 4.64. The summed E-state index contributed by atoms with van der Waals surface area (Å²) in [6, 6.07) is 4.49. The van der Waals surface area contributed by atoms with Crippen LogP contribution in [0.2, 0.25) is 0 Å². The van der Waals surface area contributed by atoms with Gasteiger partial charge in [-0.05, 0) is 25.5 Å². The van der Waals surface area contributed by atoms with Crippen LogP contribution < -0.4 is 10.1 Å². The highest BCUT2D eigenvalue weighted by atomic mass is 16.7. The van der Waals surface area contributed by atoms with E-state index in [9.17, 15) is 19.2 Å². The summed E-state index contributed by atoms with van der Waals surface area (Å²) in [4.78, 5) is 46.9. The predicted molar refractivity (Wildman–Crippen MR) is 111 cm³/mol. The van der Waals surface area contributed by atoms with E-state index in [1.807, 2.05) is 26.0 Å². The minimum Gasteiger partial charge on any atom is -0.463 e. The van der Waals surface area contributed by atoms with Crippen molar-refractivity contribution in [3.05, 3.63) is 29.3 Å². The number of hydrogen-bond acceptors (Lipinski definition) is 9. The standard InChI is InChI=1S/C22H29NO9/c1-11-7-8-17(12(2)9-11)31-22-19(23-13(3)24)21(30-16(6)27)20(29-15(5)26)18(32-22)10-28-14(4)25/h7-9,18-22H,10H2,1-6H3,(H,23,24)/t18-,19+,20+,21+,22-/m0/s1. The molecule has 1 N–H and O–H groups in total. The Labute approximate surface area is 186 Å². The Morgan fingerprint density at radius 1 is 0.938 bits per heavy atom. The van der Waals surface area contributed by atoms with Crippen molar-refractivity contribution < 1.29 is 42.9 Å². The quantitative estimate of drug-likeness (QED) is 0.483. The van der Waals surface area contributed by atoms with Crippen molar-refractivity contribution in [2.75, 3.05) is 6.61 Å². The molecule has 10 heteroatoms. The number of rotatable bonds is 7. The van der Waals surface area contributed by atoms with E-state index < -0.39 is 54.5 Å². The van der Waals surface area contributed by atoms with Crippen LogP contribution in [0.15, 0.2) is 18.2 Å². The molecule has 0 spiro atoms. The molecule has 0 bridgehead atoms. The molecule has 32 heavy (non-hydrogen) atoms. The summed E-state index contributed by atoms with van der Waals surface area (Å²) in [5.41, 5.74) is 1.84. The number of benzene rings is 1. The van der Waals surface area contributed by atoms with E-state index in [-0.39, 0.29) is 6.61 Å². The summed E-state index contributed by atoms with van der Waals surface area (Å²) in [5, 5.41) is 2.66. The Bertz CT molecular complexity index is 869. The van der Waals surface area contributed by atoms with Gasteiger partial charge in [-0.15, -0.1) is 0 Å². The van der Waals surface area contributed by atoms with Crippen molar-refractivity contribution in [3.8, 4) is 5.75 Å². The number of carbonyl (C=O) groups is 4. The summed E-state index contributed by atoms with van der Waals surface area (Å²) in [5.74, 6) is -1.87. The maximum absolute atomic E-state index is 11.9. The van der Waals surface area contributed by atoms with Crippen molar-refractivity contribution >= 4 is 23.8 Å². The van der Waals surface area contributed by atoms with Gasteiger partial charge in [0, 0.05) is 27.7 Å². The zero-order chi connectivity index (χ0) is 24.0. The van der Waals surface area contributed by atoms with Gasteiger partial charge in [0.2, 0.25) is 12.2 Å². The number of ether oxygens (including phenoxy) is 5. The van der Waals surface area contributed by atoms with Crippen LogP contribution in [0.1, 0.15) is 38.8 Å². The highest BCUT2D eigenvalue weighted by Crippen LogP contribution is 2.30. The van der Waals surface area contributed by atoms with Crippen LogP contribution in [-0.2, 0) is 38.1 Å². The fourth-order valence-corrected chi connectivity index (χ4v) is 3.45. The van der Waals surface area contributed by atoms with Crippen LogP contribution in [-0.4, -0.2) is 61.1 Å². The fourth-order valence-electron chi connectivity index (χ4n) is 3.45. The maximum atomic E-state index is 11.9. The smallest absolute Gasteiger partial charge is 0.303 e. The predicted octanol–water partition coefficient (Wildman–Crippen LogP) is 1.34. The van der Waals surface area contributed by atoms with Crippen molar-refractivity contribution in [3.63, 3.8) is 0 Å². The third kappa shape index (κ3) is 6.94. The van der Waals surface area contributed by atoms with Crippen molar-refractivity contribution in [2.24, 2.45) is 0 Å². The van der Waals surface area contributed by atoms with Crippen LogP contribution >= 0.6 is 0 Å². The van der Waals surface area contributed by atoms with Gasteiger partial charge in [-0.3, -0.25) is 19.2 Å². The molecule has 1 saturated heterocycles. The largest absolute Gasteiger partial charge is 0.463 e. The second kappa shape index (κ2) is 10.9. The maximum Gasteiger partial charge on any atom is 0.303 e. The number of aryl methyl sites for hydroxylation is 2. The van der Waals surface area contributed by atoms with E-state index >= 15 is 0 Å². The number of carbonyl (C=O) groups excluding carboxylic acids is 4. The number of esters is 3. The molecule has 10 nitrogen and oxygen atoms in total. The van der Waals surface area contributed by atoms with E-state index in [0.717, 1.165) is 11.1 Å². The topological polar surface area (TPSA) is 126 Å². The Hall–Kier alpha value is -3.14. The average molecular weight is 451 g/mol. The monoisotopic (exact) mass is 451 g/mol. The second-order valence-corrected chi connectivity index (χ2v) is 7.61. The lowest BCUT2D eigenvalue weighted by Gasteiger charge is -2.44. The van der Waals surface area contributed by atoms with Gasteiger partial charge in [-0.1, -0.05) is 17.7 Å².